The summed E-state index contributed by atoms with van der Waals surface area (Å²) >= 11 is 1.82. The zero-order valence-electron chi connectivity index (χ0n) is 10.5. The van der Waals surface area contributed by atoms with E-state index in [2.05, 4.69) is 4.72 Å². The summed E-state index contributed by atoms with van der Waals surface area (Å²) in [7, 11) is -3.92. The summed E-state index contributed by atoms with van der Waals surface area (Å²) < 4.78 is 40.4. The first-order chi connectivity index (χ1) is 9.83. The molecule has 0 bridgehead atoms. The Balaban J connectivity index is 2.41. The van der Waals surface area contributed by atoms with Crippen LogP contribution in [0.15, 0.2) is 41.3 Å². The molecule has 8 heteroatoms. The molecule has 0 aliphatic carbocycles. The van der Waals surface area contributed by atoms with E-state index in [0.717, 1.165) is 6.07 Å². The van der Waals surface area contributed by atoms with Gasteiger partial charge in [0.25, 0.3) is 10.0 Å². The summed E-state index contributed by atoms with van der Waals surface area (Å²) in [5.74, 6) is -0.458. The van der Waals surface area contributed by atoms with E-state index in [4.69, 9.17) is 11.0 Å². The highest BCUT2D eigenvalue weighted by molar-refractivity contribution is 14.1. The van der Waals surface area contributed by atoms with Crippen LogP contribution in [0.3, 0.4) is 0 Å². The summed E-state index contributed by atoms with van der Waals surface area (Å²) in [4.78, 5) is -0.137. The minimum absolute atomic E-state index is 0.0290. The van der Waals surface area contributed by atoms with Crippen LogP contribution in [0.4, 0.5) is 15.8 Å². The largest absolute Gasteiger partial charge is 0.398 e. The Morgan fingerprint density at radius 1 is 1.24 bits per heavy atom. The van der Waals surface area contributed by atoms with E-state index >= 15 is 0 Å². The summed E-state index contributed by atoms with van der Waals surface area (Å²) in [5, 5.41) is 8.75. The van der Waals surface area contributed by atoms with Gasteiger partial charge in [0, 0.05) is 3.57 Å². The Bertz CT molecular complexity index is 847. The van der Waals surface area contributed by atoms with Gasteiger partial charge in [-0.05, 0) is 59.0 Å². The van der Waals surface area contributed by atoms with Gasteiger partial charge in [0.1, 0.15) is 10.7 Å². The van der Waals surface area contributed by atoms with E-state index in [-0.39, 0.29) is 21.8 Å². The second kappa shape index (κ2) is 5.87. The highest BCUT2D eigenvalue weighted by Gasteiger charge is 2.19. The summed E-state index contributed by atoms with van der Waals surface area (Å²) in [6.07, 6.45) is 0. The maximum atomic E-state index is 13.0. The van der Waals surface area contributed by atoms with E-state index in [1.807, 2.05) is 28.7 Å². The summed E-state index contributed by atoms with van der Waals surface area (Å²) in [5.41, 5.74) is 6.15. The van der Waals surface area contributed by atoms with E-state index < -0.39 is 15.8 Å². The fourth-order valence-corrected chi connectivity index (χ4v) is 3.62. The molecule has 2 rings (SSSR count). The molecule has 0 amide bonds. The van der Waals surface area contributed by atoms with Crippen LogP contribution in [0.2, 0.25) is 0 Å². The summed E-state index contributed by atoms with van der Waals surface area (Å²) in [6, 6.07) is 9.47. The molecular formula is C13H9FIN3O2S. The number of nitrogen functional groups attached to an aromatic ring is 1. The van der Waals surface area contributed by atoms with Crippen molar-refractivity contribution < 1.29 is 12.8 Å². The topological polar surface area (TPSA) is 96.0 Å². The van der Waals surface area contributed by atoms with Gasteiger partial charge in [-0.15, -0.1) is 0 Å². The van der Waals surface area contributed by atoms with Crippen molar-refractivity contribution in [1.82, 2.24) is 0 Å². The number of nitrogens with two attached hydrogens (primary N) is 1. The molecule has 0 saturated heterocycles. The molecule has 2 aromatic carbocycles. The third-order valence-electron chi connectivity index (χ3n) is 2.60. The van der Waals surface area contributed by atoms with E-state index in [1.54, 1.807) is 0 Å². The molecule has 0 heterocycles. The van der Waals surface area contributed by atoms with E-state index in [1.165, 1.54) is 30.3 Å². The first-order valence-electron chi connectivity index (χ1n) is 5.61. The van der Waals surface area contributed by atoms with Crippen molar-refractivity contribution in [2.45, 2.75) is 4.90 Å². The molecule has 0 aromatic heterocycles. The molecule has 0 atom stereocenters. The minimum Gasteiger partial charge on any atom is -0.398 e. The van der Waals surface area contributed by atoms with Crippen LogP contribution in [0.1, 0.15) is 5.56 Å². The van der Waals surface area contributed by atoms with Crippen molar-refractivity contribution >= 4 is 44.0 Å². The minimum atomic E-state index is -3.92. The number of anilines is 2. The van der Waals surface area contributed by atoms with Gasteiger partial charge in [-0.1, -0.05) is 0 Å². The van der Waals surface area contributed by atoms with Crippen molar-refractivity contribution in [3.05, 3.63) is 51.3 Å². The van der Waals surface area contributed by atoms with Gasteiger partial charge >= 0.3 is 0 Å². The molecule has 0 aliphatic heterocycles. The zero-order valence-corrected chi connectivity index (χ0v) is 13.4. The first-order valence-corrected chi connectivity index (χ1v) is 8.17. The predicted octanol–water partition coefficient (Wildman–Crippen LogP) is 2.68. The number of hydrogen-bond acceptors (Lipinski definition) is 4. The molecule has 0 saturated carbocycles. The molecule has 0 radical (unpaired) electrons. The van der Waals surface area contributed by atoms with Crippen LogP contribution in [0.5, 0.6) is 0 Å². The third kappa shape index (κ3) is 3.43. The number of rotatable bonds is 3. The van der Waals surface area contributed by atoms with Gasteiger partial charge in [-0.2, -0.15) is 5.26 Å². The average Bonchev–Trinajstić information content (AvgIpc) is 2.41. The smallest absolute Gasteiger partial charge is 0.263 e. The highest BCUT2D eigenvalue weighted by atomic mass is 127. The molecule has 21 heavy (non-hydrogen) atoms. The van der Waals surface area contributed by atoms with Gasteiger partial charge < -0.3 is 5.73 Å². The normalized spacial score (nSPS) is 10.9. The lowest BCUT2D eigenvalue weighted by atomic mass is 10.2. The summed E-state index contributed by atoms with van der Waals surface area (Å²) in [6.45, 7) is 0. The SMILES string of the molecule is N#Cc1ccc(S(=O)(=O)Nc2ccc(F)cc2I)c(N)c1. The molecule has 3 N–H and O–H groups in total. The van der Waals surface area contributed by atoms with Crippen LogP contribution in [-0.2, 0) is 10.0 Å². The Labute approximate surface area is 134 Å². The Morgan fingerprint density at radius 3 is 2.52 bits per heavy atom. The molecule has 0 aliphatic rings. The fourth-order valence-electron chi connectivity index (χ4n) is 1.63. The number of nitriles is 1. The van der Waals surface area contributed by atoms with Gasteiger partial charge in [0.15, 0.2) is 0 Å². The lowest BCUT2D eigenvalue weighted by Crippen LogP contribution is -2.15. The van der Waals surface area contributed by atoms with Crippen molar-refractivity contribution in [2.24, 2.45) is 0 Å². The number of nitrogens with one attached hydrogen (secondary N) is 1. The quantitative estimate of drug-likeness (QED) is 0.593. The number of sulfonamides is 1. The van der Waals surface area contributed by atoms with Crippen LogP contribution in [-0.4, -0.2) is 8.42 Å². The van der Waals surface area contributed by atoms with Crippen LogP contribution >= 0.6 is 22.6 Å². The van der Waals surface area contributed by atoms with Crippen molar-refractivity contribution in [3.63, 3.8) is 0 Å². The van der Waals surface area contributed by atoms with Gasteiger partial charge in [-0.25, -0.2) is 12.8 Å². The van der Waals surface area contributed by atoms with Crippen molar-refractivity contribution in [3.8, 4) is 6.07 Å². The lowest BCUT2D eigenvalue weighted by Gasteiger charge is -2.11. The second-order valence-corrected chi connectivity index (χ2v) is 6.91. The molecule has 0 spiro atoms. The molecule has 108 valence electrons. The Kier molecular flexibility index (Phi) is 4.34. The Hall–Kier alpha value is -1.86. The second-order valence-electron chi connectivity index (χ2n) is 4.09. The fraction of sp³-hybridized carbons (Fsp3) is 0. The van der Waals surface area contributed by atoms with Gasteiger partial charge in [0.2, 0.25) is 0 Å². The van der Waals surface area contributed by atoms with Crippen LogP contribution < -0.4 is 10.5 Å². The zero-order chi connectivity index (χ0) is 15.6. The maximum absolute atomic E-state index is 13.0. The maximum Gasteiger partial charge on any atom is 0.263 e. The lowest BCUT2D eigenvalue weighted by molar-refractivity contribution is 0.601. The monoisotopic (exact) mass is 417 g/mol. The number of hydrogen-bond donors (Lipinski definition) is 2. The Morgan fingerprint density at radius 2 is 1.95 bits per heavy atom. The molecule has 5 nitrogen and oxygen atoms in total. The van der Waals surface area contributed by atoms with Crippen molar-refractivity contribution in [2.75, 3.05) is 10.5 Å². The number of benzene rings is 2. The highest BCUT2D eigenvalue weighted by Crippen LogP contribution is 2.25. The predicted molar refractivity (Wildman–Crippen MR) is 85.5 cm³/mol. The first kappa shape index (κ1) is 15.5. The van der Waals surface area contributed by atoms with Crippen LogP contribution in [0.25, 0.3) is 0 Å². The molecule has 2 aromatic rings. The van der Waals surface area contributed by atoms with Gasteiger partial charge in [-0.3, -0.25) is 4.72 Å². The number of nitrogens with zero attached hydrogens (tertiary/aromatic N) is 1. The average molecular weight is 417 g/mol. The molecular weight excluding hydrogens is 408 g/mol. The molecule has 0 fully saturated rings. The van der Waals surface area contributed by atoms with Gasteiger partial charge in [0.05, 0.1) is 23.0 Å². The van der Waals surface area contributed by atoms with E-state index in [9.17, 15) is 12.8 Å². The number of halogens is 2. The van der Waals surface area contributed by atoms with Crippen molar-refractivity contribution in [1.29, 1.82) is 5.26 Å². The van der Waals surface area contributed by atoms with E-state index in [0.29, 0.717) is 3.57 Å². The molecule has 0 unspecified atom stereocenters. The van der Waals surface area contributed by atoms with Crippen LogP contribution in [0, 0.1) is 20.7 Å². The third-order valence-corrected chi connectivity index (χ3v) is 4.94. The standard InChI is InChI=1S/C13H9FIN3O2S/c14-9-2-3-12(10(15)6-9)18-21(19,20)13-4-1-8(7-16)5-11(13)17/h1-6,18H,17H2.